The molecule has 0 unspecified atom stereocenters. The molecule has 1 atom stereocenters. The van der Waals surface area contributed by atoms with Crippen molar-refractivity contribution < 1.29 is 18.0 Å². The van der Waals surface area contributed by atoms with Crippen LogP contribution in [0.3, 0.4) is 0 Å². The number of rotatable bonds is 11. The van der Waals surface area contributed by atoms with Crippen molar-refractivity contribution in [3.63, 3.8) is 0 Å². The first-order chi connectivity index (χ1) is 18.0. The number of anilines is 1. The van der Waals surface area contributed by atoms with Crippen molar-refractivity contribution in [2.45, 2.75) is 25.9 Å². The van der Waals surface area contributed by atoms with Crippen molar-refractivity contribution in [3.8, 4) is 0 Å². The van der Waals surface area contributed by atoms with Crippen molar-refractivity contribution >= 4 is 66.7 Å². The summed E-state index contributed by atoms with van der Waals surface area (Å²) in [6, 6.07) is 19.9. The number of halogens is 3. The first-order valence-corrected chi connectivity index (χ1v) is 15.2. The number of hydrogen-bond acceptors (Lipinski definition) is 4. The number of carbonyl (C=O) groups excluding carboxylic acids is 2. The molecule has 0 aliphatic carbocycles. The zero-order chi connectivity index (χ0) is 27.9. The molecular formula is C27H28BrCl2N3O4S. The number of sulfonamides is 1. The molecule has 2 amide bonds. The van der Waals surface area contributed by atoms with Crippen molar-refractivity contribution in [1.29, 1.82) is 0 Å². The summed E-state index contributed by atoms with van der Waals surface area (Å²) >= 11 is 16.2. The van der Waals surface area contributed by atoms with Gasteiger partial charge in [0.25, 0.3) is 0 Å². The number of hydrogen-bond donors (Lipinski definition) is 1. The van der Waals surface area contributed by atoms with Gasteiger partial charge in [-0.2, -0.15) is 0 Å². The molecule has 3 rings (SSSR count). The maximum absolute atomic E-state index is 14.0. The summed E-state index contributed by atoms with van der Waals surface area (Å²) in [5.41, 5.74) is 1.60. The lowest BCUT2D eigenvalue weighted by Gasteiger charge is -2.33. The van der Waals surface area contributed by atoms with Crippen LogP contribution in [0.2, 0.25) is 10.0 Å². The molecular weight excluding hydrogens is 613 g/mol. The van der Waals surface area contributed by atoms with Crippen molar-refractivity contribution in [1.82, 2.24) is 10.2 Å². The van der Waals surface area contributed by atoms with Crippen LogP contribution in [0.15, 0.2) is 77.3 Å². The van der Waals surface area contributed by atoms with Crippen LogP contribution in [0.1, 0.15) is 18.1 Å². The van der Waals surface area contributed by atoms with E-state index in [0.717, 1.165) is 16.1 Å². The van der Waals surface area contributed by atoms with Crippen LogP contribution >= 0.6 is 39.1 Å². The summed E-state index contributed by atoms with van der Waals surface area (Å²) in [5, 5.41) is 3.46. The van der Waals surface area contributed by atoms with Gasteiger partial charge >= 0.3 is 0 Å². The third-order valence-corrected chi connectivity index (χ3v) is 8.13. The SMILES string of the molecule is CCNC(=O)[C@H](Cc1ccccc1)N(Cc1c(Cl)cccc1Cl)C(=O)CN(c1cccc(Br)c1)S(C)(=O)=O. The molecule has 0 bridgehead atoms. The average molecular weight is 641 g/mol. The monoisotopic (exact) mass is 639 g/mol. The topological polar surface area (TPSA) is 86.8 Å². The van der Waals surface area contributed by atoms with Gasteiger partial charge in [0.15, 0.2) is 0 Å². The van der Waals surface area contributed by atoms with Crippen LogP contribution in [0, 0.1) is 0 Å². The summed E-state index contributed by atoms with van der Waals surface area (Å²) in [6.45, 7) is 1.52. The standard InChI is InChI=1S/C27H28BrCl2N3O4S/c1-3-31-27(35)25(15-19-9-5-4-6-10-19)32(17-22-23(29)13-8-14-24(22)30)26(34)18-33(38(2,36)37)21-12-7-11-20(28)16-21/h4-14,16,25H,3,15,17-18H2,1-2H3,(H,31,35)/t25-/m0/s1. The van der Waals surface area contributed by atoms with E-state index in [1.807, 2.05) is 30.3 Å². The molecule has 202 valence electrons. The average Bonchev–Trinajstić information content (AvgIpc) is 2.86. The number of nitrogens with one attached hydrogen (secondary N) is 1. The highest BCUT2D eigenvalue weighted by atomic mass is 79.9. The fraction of sp³-hybridized carbons (Fsp3) is 0.259. The van der Waals surface area contributed by atoms with Gasteiger partial charge in [-0.25, -0.2) is 8.42 Å². The first-order valence-electron chi connectivity index (χ1n) is 11.8. The lowest BCUT2D eigenvalue weighted by molar-refractivity contribution is -0.140. The van der Waals surface area contributed by atoms with Crippen molar-refractivity contribution in [2.24, 2.45) is 0 Å². The number of amides is 2. The maximum Gasteiger partial charge on any atom is 0.244 e. The van der Waals surface area contributed by atoms with Gasteiger partial charge in [0, 0.05) is 39.6 Å². The van der Waals surface area contributed by atoms with Gasteiger partial charge < -0.3 is 10.2 Å². The second kappa shape index (κ2) is 13.5. The van der Waals surface area contributed by atoms with Gasteiger partial charge in [0.2, 0.25) is 21.8 Å². The molecule has 0 saturated carbocycles. The Morgan fingerprint density at radius 1 is 0.974 bits per heavy atom. The lowest BCUT2D eigenvalue weighted by Crippen LogP contribution is -2.53. The van der Waals surface area contributed by atoms with E-state index in [4.69, 9.17) is 23.2 Å². The van der Waals surface area contributed by atoms with Crippen LogP contribution in [0.25, 0.3) is 0 Å². The minimum absolute atomic E-state index is 0.0952. The highest BCUT2D eigenvalue weighted by Crippen LogP contribution is 2.28. The normalized spacial score (nSPS) is 12.0. The molecule has 0 spiro atoms. The number of carbonyl (C=O) groups is 2. The Labute approximate surface area is 241 Å². The predicted octanol–water partition coefficient (Wildman–Crippen LogP) is 5.30. The fourth-order valence-electron chi connectivity index (χ4n) is 3.94. The smallest absolute Gasteiger partial charge is 0.244 e. The number of nitrogens with zero attached hydrogens (tertiary/aromatic N) is 2. The zero-order valence-electron chi connectivity index (χ0n) is 20.9. The van der Waals surface area contributed by atoms with E-state index in [1.165, 1.54) is 4.90 Å². The van der Waals surface area contributed by atoms with Crippen LogP contribution < -0.4 is 9.62 Å². The van der Waals surface area contributed by atoms with Crippen LogP contribution in [0.4, 0.5) is 5.69 Å². The Bertz CT molecular complexity index is 1370. The molecule has 1 N–H and O–H groups in total. The van der Waals surface area contributed by atoms with Gasteiger partial charge in [-0.05, 0) is 42.8 Å². The second-order valence-electron chi connectivity index (χ2n) is 8.57. The van der Waals surface area contributed by atoms with E-state index in [2.05, 4.69) is 21.2 Å². The van der Waals surface area contributed by atoms with E-state index >= 15 is 0 Å². The molecule has 3 aromatic carbocycles. The predicted molar refractivity (Wildman–Crippen MR) is 156 cm³/mol. The summed E-state index contributed by atoms with van der Waals surface area (Å²) < 4.78 is 27.2. The largest absolute Gasteiger partial charge is 0.355 e. The van der Waals surface area contributed by atoms with Crippen molar-refractivity contribution in [3.05, 3.63) is 98.4 Å². The van der Waals surface area contributed by atoms with E-state index < -0.39 is 28.5 Å². The Hall–Kier alpha value is -2.59. The van der Waals surface area contributed by atoms with Gasteiger partial charge in [-0.1, -0.05) is 81.6 Å². The van der Waals surface area contributed by atoms with Gasteiger partial charge in [0.05, 0.1) is 11.9 Å². The molecule has 0 radical (unpaired) electrons. The lowest BCUT2D eigenvalue weighted by atomic mass is 10.0. The molecule has 0 aliphatic rings. The summed E-state index contributed by atoms with van der Waals surface area (Å²) in [6.07, 6.45) is 1.23. The third-order valence-electron chi connectivity index (χ3n) is 5.79. The highest BCUT2D eigenvalue weighted by Gasteiger charge is 2.33. The van der Waals surface area contributed by atoms with Gasteiger partial charge in [-0.3, -0.25) is 13.9 Å². The molecule has 11 heteroatoms. The Balaban J connectivity index is 2.09. The molecule has 0 aromatic heterocycles. The highest BCUT2D eigenvalue weighted by molar-refractivity contribution is 9.10. The molecule has 3 aromatic rings. The molecule has 0 heterocycles. The van der Waals surface area contributed by atoms with E-state index in [0.29, 0.717) is 32.3 Å². The number of likely N-dealkylation sites (N-methyl/N-ethyl adjacent to an activating group) is 1. The Kier molecular flexibility index (Phi) is 10.6. The number of benzene rings is 3. The van der Waals surface area contributed by atoms with Crippen LogP contribution in [0.5, 0.6) is 0 Å². The van der Waals surface area contributed by atoms with Crippen molar-refractivity contribution in [2.75, 3.05) is 23.7 Å². The van der Waals surface area contributed by atoms with E-state index in [1.54, 1.807) is 49.4 Å². The summed E-state index contributed by atoms with van der Waals surface area (Å²) in [5.74, 6) is -0.959. The Morgan fingerprint density at radius 3 is 2.18 bits per heavy atom. The van der Waals surface area contributed by atoms with Gasteiger partial charge in [-0.15, -0.1) is 0 Å². The first kappa shape index (κ1) is 30.0. The maximum atomic E-state index is 14.0. The zero-order valence-corrected chi connectivity index (χ0v) is 24.8. The fourth-order valence-corrected chi connectivity index (χ4v) is 5.69. The molecule has 0 aliphatic heterocycles. The summed E-state index contributed by atoms with van der Waals surface area (Å²) in [7, 11) is -3.86. The molecule has 0 saturated heterocycles. The van der Waals surface area contributed by atoms with Gasteiger partial charge in [0.1, 0.15) is 12.6 Å². The summed E-state index contributed by atoms with van der Waals surface area (Å²) in [4.78, 5) is 28.7. The Morgan fingerprint density at radius 2 is 1.61 bits per heavy atom. The van der Waals surface area contributed by atoms with Crippen LogP contribution in [-0.4, -0.2) is 50.5 Å². The van der Waals surface area contributed by atoms with Crippen LogP contribution in [-0.2, 0) is 32.6 Å². The molecule has 38 heavy (non-hydrogen) atoms. The molecule has 0 fully saturated rings. The quantitative estimate of drug-likeness (QED) is 0.308. The third kappa shape index (κ3) is 7.96. The van der Waals surface area contributed by atoms with E-state index in [9.17, 15) is 18.0 Å². The minimum Gasteiger partial charge on any atom is -0.355 e. The second-order valence-corrected chi connectivity index (χ2v) is 12.2. The molecule has 7 nitrogen and oxygen atoms in total. The van der Waals surface area contributed by atoms with E-state index in [-0.39, 0.29) is 18.9 Å². The minimum atomic E-state index is -3.86.